The standard InChI is InChI=1S/C10H15BrN2S2/c1-7(10(12)14)4-13(2)5-9-3-8(11)6-15-9/h3,6-7H,4-5H2,1-2H3,(H2,12,14). The van der Waals surface area contributed by atoms with Gasteiger partial charge >= 0.3 is 0 Å². The second-order valence-corrected chi connectivity index (χ2v) is 6.11. The van der Waals surface area contributed by atoms with Gasteiger partial charge in [-0.05, 0) is 29.0 Å². The van der Waals surface area contributed by atoms with Crippen molar-refractivity contribution in [3.63, 3.8) is 0 Å². The van der Waals surface area contributed by atoms with Gasteiger partial charge in [0.05, 0.1) is 4.99 Å². The number of thiophene rings is 1. The molecule has 0 aliphatic rings. The molecule has 1 unspecified atom stereocenters. The van der Waals surface area contributed by atoms with Crippen LogP contribution in [0.2, 0.25) is 0 Å². The lowest BCUT2D eigenvalue weighted by Crippen LogP contribution is -2.30. The first-order valence-corrected chi connectivity index (χ1v) is 6.78. The summed E-state index contributed by atoms with van der Waals surface area (Å²) in [4.78, 5) is 4.18. The highest BCUT2D eigenvalue weighted by atomic mass is 79.9. The second-order valence-electron chi connectivity index (χ2n) is 3.73. The van der Waals surface area contributed by atoms with E-state index in [4.69, 9.17) is 18.0 Å². The van der Waals surface area contributed by atoms with Crippen molar-refractivity contribution in [3.05, 3.63) is 20.8 Å². The Bertz CT molecular complexity index is 338. The molecule has 0 saturated carbocycles. The van der Waals surface area contributed by atoms with Crippen LogP contribution in [0, 0.1) is 5.92 Å². The maximum Gasteiger partial charge on any atom is 0.0768 e. The minimum atomic E-state index is 0.272. The number of halogens is 1. The van der Waals surface area contributed by atoms with E-state index in [1.807, 2.05) is 0 Å². The fourth-order valence-electron chi connectivity index (χ4n) is 1.32. The molecule has 0 saturated heterocycles. The van der Waals surface area contributed by atoms with Gasteiger partial charge in [0.2, 0.25) is 0 Å². The average Bonchev–Trinajstić information content (AvgIpc) is 2.50. The molecule has 1 aromatic heterocycles. The summed E-state index contributed by atoms with van der Waals surface area (Å²) in [5.74, 6) is 0.272. The van der Waals surface area contributed by atoms with Gasteiger partial charge in [0, 0.05) is 33.7 Å². The number of hydrogen-bond acceptors (Lipinski definition) is 3. The van der Waals surface area contributed by atoms with E-state index in [-0.39, 0.29) is 5.92 Å². The molecule has 84 valence electrons. The zero-order valence-electron chi connectivity index (χ0n) is 8.87. The van der Waals surface area contributed by atoms with Crippen LogP contribution in [-0.4, -0.2) is 23.5 Å². The number of rotatable bonds is 5. The maximum absolute atomic E-state index is 5.58. The molecule has 0 amide bonds. The van der Waals surface area contributed by atoms with Crippen LogP contribution in [-0.2, 0) is 6.54 Å². The third-order valence-corrected chi connectivity index (χ3v) is 4.20. The summed E-state index contributed by atoms with van der Waals surface area (Å²) in [7, 11) is 2.09. The molecule has 0 bridgehead atoms. The number of nitrogens with two attached hydrogens (primary N) is 1. The summed E-state index contributed by atoms with van der Waals surface area (Å²) in [6.45, 7) is 3.91. The average molecular weight is 307 g/mol. The largest absolute Gasteiger partial charge is 0.393 e. The van der Waals surface area contributed by atoms with Gasteiger partial charge in [-0.1, -0.05) is 19.1 Å². The predicted octanol–water partition coefficient (Wildman–Crippen LogP) is 2.86. The van der Waals surface area contributed by atoms with E-state index in [0.29, 0.717) is 4.99 Å². The first-order chi connectivity index (χ1) is 6.99. The van der Waals surface area contributed by atoms with Gasteiger partial charge in [0.15, 0.2) is 0 Å². The lowest BCUT2D eigenvalue weighted by Gasteiger charge is -2.19. The van der Waals surface area contributed by atoms with E-state index >= 15 is 0 Å². The third-order valence-electron chi connectivity index (χ3n) is 2.12. The SMILES string of the molecule is CC(CN(C)Cc1cc(Br)cs1)C(N)=S. The predicted molar refractivity (Wildman–Crippen MR) is 74.3 cm³/mol. The van der Waals surface area contributed by atoms with Crippen molar-refractivity contribution in [1.82, 2.24) is 4.90 Å². The topological polar surface area (TPSA) is 29.3 Å². The Labute approximate surface area is 109 Å². The Kier molecular flexibility index (Phi) is 5.18. The van der Waals surface area contributed by atoms with Gasteiger partial charge in [0.1, 0.15) is 0 Å². The molecule has 1 aromatic rings. The van der Waals surface area contributed by atoms with E-state index < -0.39 is 0 Å². The van der Waals surface area contributed by atoms with Crippen molar-refractivity contribution < 1.29 is 0 Å². The normalized spacial score (nSPS) is 13.1. The minimum Gasteiger partial charge on any atom is -0.393 e. The molecule has 0 aliphatic carbocycles. The Morgan fingerprint density at radius 3 is 2.87 bits per heavy atom. The number of nitrogens with zero attached hydrogens (tertiary/aromatic N) is 1. The van der Waals surface area contributed by atoms with Gasteiger partial charge < -0.3 is 10.6 Å². The third kappa shape index (κ3) is 4.59. The van der Waals surface area contributed by atoms with E-state index in [1.54, 1.807) is 11.3 Å². The monoisotopic (exact) mass is 306 g/mol. The summed E-state index contributed by atoms with van der Waals surface area (Å²) in [6, 6.07) is 2.15. The van der Waals surface area contributed by atoms with Crippen LogP contribution in [0.25, 0.3) is 0 Å². The van der Waals surface area contributed by atoms with Crippen molar-refractivity contribution in [1.29, 1.82) is 0 Å². The molecule has 0 fully saturated rings. The highest BCUT2D eigenvalue weighted by Gasteiger charge is 2.09. The molecule has 0 aliphatic heterocycles. The molecule has 2 N–H and O–H groups in total. The molecule has 1 heterocycles. The van der Waals surface area contributed by atoms with Crippen molar-refractivity contribution in [2.75, 3.05) is 13.6 Å². The lowest BCUT2D eigenvalue weighted by molar-refractivity contribution is 0.310. The fourth-order valence-corrected chi connectivity index (χ4v) is 2.93. The van der Waals surface area contributed by atoms with Gasteiger partial charge in [-0.15, -0.1) is 11.3 Å². The van der Waals surface area contributed by atoms with Crippen molar-refractivity contribution in [3.8, 4) is 0 Å². The molecule has 0 radical (unpaired) electrons. The summed E-state index contributed by atoms with van der Waals surface area (Å²) in [6.07, 6.45) is 0. The smallest absolute Gasteiger partial charge is 0.0768 e. The Morgan fingerprint density at radius 1 is 1.73 bits per heavy atom. The van der Waals surface area contributed by atoms with Crippen molar-refractivity contribution in [2.45, 2.75) is 13.5 Å². The van der Waals surface area contributed by atoms with Gasteiger partial charge in [0.25, 0.3) is 0 Å². The van der Waals surface area contributed by atoms with Crippen molar-refractivity contribution in [2.24, 2.45) is 11.7 Å². The van der Waals surface area contributed by atoms with Crippen LogP contribution in [0.4, 0.5) is 0 Å². The molecule has 2 nitrogen and oxygen atoms in total. The van der Waals surface area contributed by atoms with Crippen LogP contribution in [0.3, 0.4) is 0 Å². The molecule has 1 rings (SSSR count). The Balaban J connectivity index is 2.42. The number of hydrogen-bond donors (Lipinski definition) is 1. The maximum atomic E-state index is 5.58. The van der Waals surface area contributed by atoms with Crippen molar-refractivity contribution >= 4 is 44.5 Å². The van der Waals surface area contributed by atoms with E-state index in [0.717, 1.165) is 17.6 Å². The van der Waals surface area contributed by atoms with Crippen LogP contribution >= 0.6 is 39.5 Å². The van der Waals surface area contributed by atoms with E-state index in [2.05, 4.69) is 46.2 Å². The zero-order valence-corrected chi connectivity index (χ0v) is 12.1. The lowest BCUT2D eigenvalue weighted by atomic mass is 10.2. The summed E-state index contributed by atoms with van der Waals surface area (Å²) in [5, 5.41) is 2.10. The van der Waals surface area contributed by atoms with Crippen LogP contribution in [0.1, 0.15) is 11.8 Å². The fraction of sp³-hybridized carbons (Fsp3) is 0.500. The molecule has 15 heavy (non-hydrogen) atoms. The summed E-state index contributed by atoms with van der Waals surface area (Å²) < 4.78 is 1.15. The Hall–Kier alpha value is 0.0300. The molecule has 0 spiro atoms. The molecule has 0 aromatic carbocycles. The molecular formula is C10H15BrN2S2. The number of thiocarbonyl (C=S) groups is 1. The first-order valence-electron chi connectivity index (χ1n) is 4.70. The molecule has 1 atom stereocenters. The second kappa shape index (κ2) is 5.94. The van der Waals surface area contributed by atoms with Crippen LogP contribution in [0.5, 0.6) is 0 Å². The van der Waals surface area contributed by atoms with E-state index in [9.17, 15) is 0 Å². The Morgan fingerprint density at radius 2 is 2.40 bits per heavy atom. The molecule has 5 heteroatoms. The van der Waals surface area contributed by atoms with Crippen LogP contribution < -0.4 is 5.73 Å². The van der Waals surface area contributed by atoms with Gasteiger partial charge in [-0.3, -0.25) is 0 Å². The highest BCUT2D eigenvalue weighted by Crippen LogP contribution is 2.20. The first kappa shape index (κ1) is 13.1. The summed E-state index contributed by atoms with van der Waals surface area (Å²) >= 11 is 10.2. The van der Waals surface area contributed by atoms with Gasteiger partial charge in [-0.2, -0.15) is 0 Å². The zero-order chi connectivity index (χ0) is 11.4. The van der Waals surface area contributed by atoms with Gasteiger partial charge in [-0.25, -0.2) is 0 Å². The highest BCUT2D eigenvalue weighted by molar-refractivity contribution is 9.10. The van der Waals surface area contributed by atoms with Crippen LogP contribution in [0.15, 0.2) is 15.9 Å². The molecular weight excluding hydrogens is 292 g/mol. The minimum absolute atomic E-state index is 0.272. The summed E-state index contributed by atoms with van der Waals surface area (Å²) in [5.41, 5.74) is 5.58. The van der Waals surface area contributed by atoms with E-state index in [1.165, 1.54) is 4.88 Å². The quantitative estimate of drug-likeness (QED) is 0.848.